The van der Waals surface area contributed by atoms with Gasteiger partial charge in [0, 0.05) is 18.1 Å². The summed E-state index contributed by atoms with van der Waals surface area (Å²) in [5.74, 6) is 1.03. The highest BCUT2D eigenvalue weighted by molar-refractivity contribution is 9.10. The Balaban J connectivity index is 2.24. The van der Waals surface area contributed by atoms with Crippen LogP contribution in [0.15, 0.2) is 46.9 Å². The maximum absolute atomic E-state index is 13.2. The molecule has 0 saturated carbocycles. The molecule has 1 atom stereocenters. The highest BCUT2D eigenvalue weighted by Crippen LogP contribution is 2.28. The molecule has 32 heavy (non-hydrogen) atoms. The summed E-state index contributed by atoms with van der Waals surface area (Å²) in [6.45, 7) is 6.54. The van der Waals surface area contributed by atoms with Gasteiger partial charge in [-0.2, -0.15) is 0 Å². The molecule has 2 amide bonds. The molecule has 1 unspecified atom stereocenters. The summed E-state index contributed by atoms with van der Waals surface area (Å²) in [6, 6.07) is 11.9. The zero-order valence-electron chi connectivity index (χ0n) is 18.9. The minimum atomic E-state index is -0.621. The number of carbonyl (C=O) groups is 2. The van der Waals surface area contributed by atoms with Crippen LogP contribution in [0.25, 0.3) is 0 Å². The van der Waals surface area contributed by atoms with Gasteiger partial charge in [0.2, 0.25) is 5.91 Å². The molecule has 0 spiro atoms. The van der Waals surface area contributed by atoms with Crippen LogP contribution in [0.5, 0.6) is 11.5 Å². The molecule has 0 aliphatic heterocycles. The number of methoxy groups -OCH3 is 1. The van der Waals surface area contributed by atoms with E-state index in [0.29, 0.717) is 39.9 Å². The lowest BCUT2D eigenvalue weighted by Gasteiger charge is -2.31. The molecule has 0 radical (unpaired) electrons. The Bertz CT molecular complexity index is 923. The van der Waals surface area contributed by atoms with Crippen molar-refractivity contribution in [2.45, 2.75) is 39.8 Å². The van der Waals surface area contributed by atoms with E-state index in [0.717, 1.165) is 5.56 Å². The molecule has 8 heteroatoms. The lowest BCUT2D eigenvalue weighted by atomic mass is 10.1. The molecule has 2 aromatic carbocycles. The highest BCUT2D eigenvalue weighted by Gasteiger charge is 2.29. The van der Waals surface area contributed by atoms with Crippen LogP contribution in [0.3, 0.4) is 0 Å². The number of nitrogens with zero attached hydrogens (tertiary/aromatic N) is 1. The van der Waals surface area contributed by atoms with Crippen LogP contribution in [-0.2, 0) is 16.1 Å². The van der Waals surface area contributed by atoms with Crippen molar-refractivity contribution >= 4 is 39.3 Å². The van der Waals surface area contributed by atoms with Gasteiger partial charge in [-0.15, -0.1) is 0 Å². The summed E-state index contributed by atoms with van der Waals surface area (Å²) < 4.78 is 11.7. The van der Waals surface area contributed by atoms with Crippen molar-refractivity contribution in [3.05, 3.63) is 57.5 Å². The van der Waals surface area contributed by atoms with Crippen molar-refractivity contribution in [3.8, 4) is 11.5 Å². The number of halogens is 2. The fourth-order valence-electron chi connectivity index (χ4n) is 3.12. The number of ether oxygens (including phenoxy) is 2. The van der Waals surface area contributed by atoms with Gasteiger partial charge in [0.15, 0.2) is 6.61 Å². The molecule has 0 bridgehead atoms. The van der Waals surface area contributed by atoms with E-state index in [2.05, 4.69) is 21.2 Å². The molecule has 0 aromatic heterocycles. The summed E-state index contributed by atoms with van der Waals surface area (Å²) in [7, 11) is 1.59. The minimum absolute atomic E-state index is 0.176. The smallest absolute Gasteiger partial charge is 0.261 e. The zero-order chi connectivity index (χ0) is 23.7. The molecule has 0 heterocycles. The first kappa shape index (κ1) is 26.0. The molecule has 1 N–H and O–H groups in total. The fourth-order valence-corrected chi connectivity index (χ4v) is 3.92. The molecule has 2 rings (SSSR count). The molecule has 174 valence electrons. The standard InChI is InChI=1S/C24H30BrClN2O4/c1-5-21(24(30)27-13-16(2)3)28(14-17-7-6-8-19(11-17)31-4)23(29)15-32-22-10-9-18(26)12-20(22)25/h6-12,16,21H,5,13-15H2,1-4H3,(H,27,30). The van der Waals surface area contributed by atoms with E-state index in [1.54, 1.807) is 30.2 Å². The van der Waals surface area contributed by atoms with Crippen LogP contribution in [0.4, 0.5) is 0 Å². The van der Waals surface area contributed by atoms with Gasteiger partial charge in [0.25, 0.3) is 5.91 Å². The molecule has 0 fully saturated rings. The quantitative estimate of drug-likeness (QED) is 0.445. The maximum Gasteiger partial charge on any atom is 0.261 e. The van der Waals surface area contributed by atoms with Gasteiger partial charge < -0.3 is 19.7 Å². The van der Waals surface area contributed by atoms with Crippen LogP contribution >= 0.6 is 27.5 Å². The second kappa shape index (κ2) is 12.7. The van der Waals surface area contributed by atoms with E-state index >= 15 is 0 Å². The predicted octanol–water partition coefficient (Wildman–Crippen LogP) is 5.07. The van der Waals surface area contributed by atoms with Crippen molar-refractivity contribution in [2.24, 2.45) is 5.92 Å². The van der Waals surface area contributed by atoms with E-state index < -0.39 is 6.04 Å². The first-order valence-electron chi connectivity index (χ1n) is 10.5. The number of hydrogen-bond donors (Lipinski definition) is 1. The lowest BCUT2D eigenvalue weighted by molar-refractivity contribution is -0.143. The summed E-state index contributed by atoms with van der Waals surface area (Å²) in [5, 5.41) is 3.50. The van der Waals surface area contributed by atoms with Crippen LogP contribution in [-0.4, -0.2) is 43.0 Å². The molecule has 0 aliphatic rings. The van der Waals surface area contributed by atoms with Gasteiger partial charge in [-0.25, -0.2) is 0 Å². The summed E-state index contributed by atoms with van der Waals surface area (Å²) >= 11 is 9.37. The summed E-state index contributed by atoms with van der Waals surface area (Å²) in [4.78, 5) is 27.7. The van der Waals surface area contributed by atoms with Crippen LogP contribution < -0.4 is 14.8 Å². The van der Waals surface area contributed by atoms with Gasteiger partial charge in [0.1, 0.15) is 17.5 Å². The monoisotopic (exact) mass is 524 g/mol. The largest absolute Gasteiger partial charge is 0.497 e. The summed E-state index contributed by atoms with van der Waals surface area (Å²) in [6.07, 6.45) is 0.476. The number of rotatable bonds is 11. The number of carbonyl (C=O) groups excluding carboxylic acids is 2. The van der Waals surface area contributed by atoms with E-state index in [9.17, 15) is 9.59 Å². The third-order valence-corrected chi connectivity index (χ3v) is 5.66. The Hall–Kier alpha value is -2.25. The Morgan fingerprint density at radius 1 is 1.19 bits per heavy atom. The Morgan fingerprint density at radius 3 is 2.56 bits per heavy atom. The second-order valence-corrected chi connectivity index (χ2v) is 9.09. The van der Waals surface area contributed by atoms with Crippen molar-refractivity contribution in [1.29, 1.82) is 0 Å². The van der Waals surface area contributed by atoms with Gasteiger partial charge in [-0.05, 0) is 64.2 Å². The molecule has 2 aromatic rings. The Morgan fingerprint density at radius 2 is 1.94 bits per heavy atom. The second-order valence-electron chi connectivity index (χ2n) is 7.80. The molecule has 0 aliphatic carbocycles. The normalized spacial score (nSPS) is 11.7. The number of amides is 2. The van der Waals surface area contributed by atoms with E-state index in [4.69, 9.17) is 21.1 Å². The van der Waals surface area contributed by atoms with Crippen molar-refractivity contribution in [1.82, 2.24) is 10.2 Å². The Kier molecular flexibility index (Phi) is 10.3. The number of benzene rings is 2. The molecular weight excluding hydrogens is 496 g/mol. The first-order valence-corrected chi connectivity index (χ1v) is 11.7. The number of nitrogens with one attached hydrogen (secondary N) is 1. The molecule has 6 nitrogen and oxygen atoms in total. The SMILES string of the molecule is CCC(C(=O)NCC(C)C)N(Cc1cccc(OC)c1)C(=O)COc1ccc(Cl)cc1Br. The lowest BCUT2D eigenvalue weighted by Crippen LogP contribution is -2.50. The summed E-state index contributed by atoms with van der Waals surface area (Å²) in [5.41, 5.74) is 0.862. The minimum Gasteiger partial charge on any atom is -0.497 e. The average molecular weight is 526 g/mol. The topological polar surface area (TPSA) is 67.9 Å². The van der Waals surface area contributed by atoms with Crippen molar-refractivity contribution in [2.75, 3.05) is 20.3 Å². The molecular formula is C24H30BrClN2O4. The van der Waals surface area contributed by atoms with Gasteiger partial charge in [-0.1, -0.05) is 44.5 Å². The van der Waals surface area contributed by atoms with E-state index in [1.165, 1.54) is 0 Å². The third kappa shape index (κ3) is 7.71. The fraction of sp³-hybridized carbons (Fsp3) is 0.417. The number of hydrogen-bond acceptors (Lipinski definition) is 4. The first-order chi connectivity index (χ1) is 15.2. The highest BCUT2D eigenvalue weighted by atomic mass is 79.9. The van der Waals surface area contributed by atoms with E-state index in [-0.39, 0.29) is 25.0 Å². The van der Waals surface area contributed by atoms with Crippen LogP contribution in [0.1, 0.15) is 32.8 Å². The maximum atomic E-state index is 13.2. The molecule has 0 saturated heterocycles. The van der Waals surface area contributed by atoms with E-state index in [1.807, 2.05) is 45.0 Å². The third-order valence-electron chi connectivity index (χ3n) is 4.80. The van der Waals surface area contributed by atoms with Crippen molar-refractivity contribution < 1.29 is 19.1 Å². The van der Waals surface area contributed by atoms with Gasteiger partial charge in [0.05, 0.1) is 11.6 Å². The van der Waals surface area contributed by atoms with Gasteiger partial charge >= 0.3 is 0 Å². The predicted molar refractivity (Wildman–Crippen MR) is 130 cm³/mol. The van der Waals surface area contributed by atoms with Crippen molar-refractivity contribution in [3.63, 3.8) is 0 Å². The zero-order valence-corrected chi connectivity index (χ0v) is 21.2. The Labute approximate surface area is 203 Å². The van der Waals surface area contributed by atoms with Crippen LogP contribution in [0.2, 0.25) is 5.02 Å². The average Bonchev–Trinajstić information content (AvgIpc) is 2.76. The van der Waals surface area contributed by atoms with Crippen LogP contribution in [0, 0.1) is 5.92 Å². The van der Waals surface area contributed by atoms with Gasteiger partial charge in [-0.3, -0.25) is 9.59 Å².